The van der Waals surface area contributed by atoms with Gasteiger partial charge in [0.15, 0.2) is 7.14 Å². The maximum absolute atomic E-state index is 15.0. The van der Waals surface area contributed by atoms with Crippen molar-refractivity contribution in [1.82, 2.24) is 4.98 Å². The van der Waals surface area contributed by atoms with Crippen LogP contribution in [0.2, 0.25) is 0 Å². The molecule has 0 saturated heterocycles. The molecule has 51 heavy (non-hydrogen) atoms. The average molecular weight is 690 g/mol. The Bertz CT molecular complexity index is 2650. The number of hydrogen-bond acceptors (Lipinski definition) is 3. The summed E-state index contributed by atoms with van der Waals surface area (Å²) in [6.45, 7) is 0. The number of thiophene rings is 1. The van der Waals surface area contributed by atoms with E-state index in [1.54, 1.807) is 0 Å². The summed E-state index contributed by atoms with van der Waals surface area (Å²) in [4.78, 5) is 6.62. The first-order valence-corrected chi connectivity index (χ1v) is 19.6. The summed E-state index contributed by atoms with van der Waals surface area (Å²) < 4.78 is 16.2. The average Bonchev–Trinajstić information content (AvgIpc) is 3.63. The van der Waals surface area contributed by atoms with Crippen molar-refractivity contribution >= 4 is 55.4 Å². The summed E-state index contributed by atoms with van der Waals surface area (Å²) in [6, 6.07) is 66.5. The molecule has 0 N–H and O–H groups in total. The smallest absolute Gasteiger partial charge is 0.171 e. The molecular formula is C47H32NOPS. The Morgan fingerprint density at radius 2 is 0.941 bits per heavy atom. The number of aromatic nitrogens is 1. The minimum atomic E-state index is -3.06. The summed E-state index contributed by atoms with van der Waals surface area (Å²) >= 11 is 1.84. The highest BCUT2D eigenvalue weighted by molar-refractivity contribution is 7.85. The minimum Gasteiger partial charge on any atom is -0.309 e. The summed E-state index contributed by atoms with van der Waals surface area (Å²) in [6.07, 6.45) is 0. The Morgan fingerprint density at radius 3 is 1.59 bits per heavy atom. The molecule has 0 unspecified atom stereocenters. The van der Waals surface area contributed by atoms with Crippen LogP contribution in [0.3, 0.4) is 0 Å². The van der Waals surface area contributed by atoms with Crippen LogP contribution in [0.25, 0.3) is 64.9 Å². The zero-order valence-corrected chi connectivity index (χ0v) is 29.4. The number of nitrogens with zero attached hydrogens (tertiary/aromatic N) is 1. The van der Waals surface area contributed by atoms with E-state index < -0.39 is 7.14 Å². The third-order valence-electron chi connectivity index (χ3n) is 9.56. The monoisotopic (exact) mass is 689 g/mol. The van der Waals surface area contributed by atoms with Crippen LogP contribution < -0.4 is 15.9 Å². The molecule has 0 aliphatic carbocycles. The van der Waals surface area contributed by atoms with Crippen LogP contribution in [0, 0.1) is 0 Å². The Morgan fingerprint density at radius 1 is 0.431 bits per heavy atom. The molecule has 4 heteroatoms. The van der Waals surface area contributed by atoms with Crippen molar-refractivity contribution in [3.05, 3.63) is 194 Å². The Balaban J connectivity index is 1.21. The second kappa shape index (κ2) is 13.1. The predicted octanol–water partition coefficient (Wildman–Crippen LogP) is 11.8. The van der Waals surface area contributed by atoms with Gasteiger partial charge < -0.3 is 4.57 Å². The third kappa shape index (κ3) is 5.52. The largest absolute Gasteiger partial charge is 0.309 e. The van der Waals surface area contributed by atoms with Crippen molar-refractivity contribution in [2.75, 3.05) is 0 Å². The fraction of sp³-hybridized carbons (Fsp3) is 0. The van der Waals surface area contributed by atoms with Gasteiger partial charge in [-0.2, -0.15) is 0 Å². The Kier molecular flexibility index (Phi) is 8.01. The summed E-state index contributed by atoms with van der Waals surface area (Å²) in [7, 11) is -3.06. The number of benzene rings is 7. The number of fused-ring (bicyclic) bond motifs is 3. The van der Waals surface area contributed by atoms with Crippen LogP contribution in [0.4, 0.5) is 0 Å². The number of rotatable bonds is 7. The van der Waals surface area contributed by atoms with Crippen LogP contribution in [0.15, 0.2) is 194 Å². The molecule has 0 radical (unpaired) electrons. The van der Waals surface area contributed by atoms with Crippen molar-refractivity contribution in [3.63, 3.8) is 0 Å². The first-order chi connectivity index (χ1) is 25.2. The Hall–Kier alpha value is -5.86. The zero-order valence-electron chi connectivity index (χ0n) is 27.7. The quantitative estimate of drug-likeness (QED) is 0.156. The normalized spacial score (nSPS) is 11.6. The van der Waals surface area contributed by atoms with Crippen molar-refractivity contribution in [2.45, 2.75) is 0 Å². The second-order valence-corrected chi connectivity index (χ2v) is 16.4. The summed E-state index contributed by atoms with van der Waals surface area (Å²) in [5.41, 5.74) is 8.73. The third-order valence-corrected chi connectivity index (χ3v) is 13.9. The van der Waals surface area contributed by atoms with Gasteiger partial charge in [0.2, 0.25) is 0 Å². The van der Waals surface area contributed by atoms with Gasteiger partial charge >= 0.3 is 0 Å². The first kappa shape index (κ1) is 31.1. The molecule has 2 heterocycles. The van der Waals surface area contributed by atoms with Gasteiger partial charge in [0.05, 0.1) is 11.2 Å². The molecular weight excluding hydrogens is 658 g/mol. The molecule has 0 amide bonds. The molecule has 9 rings (SSSR count). The molecule has 0 atom stereocenters. The maximum Gasteiger partial charge on any atom is 0.171 e. The highest BCUT2D eigenvalue weighted by Gasteiger charge is 2.29. The first-order valence-electron chi connectivity index (χ1n) is 17.1. The van der Waals surface area contributed by atoms with Gasteiger partial charge in [0, 0.05) is 47.4 Å². The van der Waals surface area contributed by atoms with E-state index in [1.807, 2.05) is 84.1 Å². The van der Waals surface area contributed by atoms with Crippen LogP contribution in [0.5, 0.6) is 0 Å². The van der Waals surface area contributed by atoms with Gasteiger partial charge in [-0.05, 0) is 34.4 Å². The van der Waals surface area contributed by atoms with E-state index in [1.165, 1.54) is 31.7 Å². The lowest BCUT2D eigenvalue weighted by Gasteiger charge is -2.20. The topological polar surface area (TPSA) is 30.0 Å². The molecule has 0 aliphatic rings. The maximum atomic E-state index is 15.0. The van der Waals surface area contributed by atoms with Crippen LogP contribution in [-0.2, 0) is 4.57 Å². The van der Waals surface area contributed by atoms with Crippen LogP contribution in [-0.4, -0.2) is 4.98 Å². The standard InChI is InChI=1S/C47H32NOPS/c49-50(38-22-9-3-10-23-38,39-24-11-4-12-25-39)40-30-28-33(29-31-40)36-20-15-21-37(32-36)45-44-43(34-16-5-1-6-17-34)46(35-18-7-2-8-19-35)51-47(44)41-26-13-14-27-42(41)48-45/h1-32H. The number of pyridine rings is 1. The van der Waals surface area contributed by atoms with Gasteiger partial charge in [0.1, 0.15) is 0 Å². The van der Waals surface area contributed by atoms with Gasteiger partial charge in [-0.25, -0.2) is 4.98 Å². The molecule has 0 aliphatic heterocycles. The van der Waals surface area contributed by atoms with E-state index in [9.17, 15) is 4.57 Å². The van der Waals surface area contributed by atoms with E-state index in [0.29, 0.717) is 0 Å². The molecule has 0 fully saturated rings. The number of para-hydroxylation sites is 1. The summed E-state index contributed by atoms with van der Waals surface area (Å²) in [5, 5.41) is 4.81. The van der Waals surface area contributed by atoms with E-state index in [0.717, 1.165) is 49.2 Å². The zero-order chi connectivity index (χ0) is 34.2. The lowest BCUT2D eigenvalue weighted by atomic mass is 9.94. The highest BCUT2D eigenvalue weighted by Crippen LogP contribution is 2.50. The molecule has 2 nitrogen and oxygen atoms in total. The van der Waals surface area contributed by atoms with Gasteiger partial charge in [-0.1, -0.05) is 182 Å². The van der Waals surface area contributed by atoms with Gasteiger partial charge in [-0.15, -0.1) is 11.3 Å². The van der Waals surface area contributed by atoms with Crippen molar-refractivity contribution in [1.29, 1.82) is 0 Å². The predicted molar refractivity (Wildman–Crippen MR) is 218 cm³/mol. The lowest BCUT2D eigenvalue weighted by molar-refractivity contribution is 0.592. The van der Waals surface area contributed by atoms with E-state index >= 15 is 0 Å². The molecule has 2 aromatic heterocycles. The summed E-state index contributed by atoms with van der Waals surface area (Å²) in [5.74, 6) is 0. The van der Waals surface area contributed by atoms with E-state index in [2.05, 4.69) is 121 Å². The van der Waals surface area contributed by atoms with E-state index in [-0.39, 0.29) is 0 Å². The van der Waals surface area contributed by atoms with Crippen molar-refractivity contribution in [3.8, 4) is 44.0 Å². The molecule has 9 aromatic rings. The second-order valence-electron chi connectivity index (χ2n) is 12.6. The fourth-order valence-corrected chi connectivity index (χ4v) is 11.1. The number of hydrogen-bond donors (Lipinski definition) is 0. The minimum absolute atomic E-state index is 0.817. The SMILES string of the molecule is O=P(c1ccccc1)(c1ccccc1)c1ccc(-c2cccc(-c3nc4ccccc4c4sc(-c5ccccc5)c(-c5ccccc5)c34)c2)cc1. The van der Waals surface area contributed by atoms with Gasteiger partial charge in [0.25, 0.3) is 0 Å². The van der Waals surface area contributed by atoms with Gasteiger partial charge in [-0.3, -0.25) is 0 Å². The molecule has 0 spiro atoms. The molecule has 7 aromatic carbocycles. The van der Waals surface area contributed by atoms with E-state index in [4.69, 9.17) is 4.98 Å². The molecule has 242 valence electrons. The van der Waals surface area contributed by atoms with Crippen LogP contribution in [0.1, 0.15) is 0 Å². The highest BCUT2D eigenvalue weighted by atomic mass is 32.1. The van der Waals surface area contributed by atoms with Crippen molar-refractivity contribution < 1.29 is 4.57 Å². The van der Waals surface area contributed by atoms with Crippen LogP contribution >= 0.6 is 18.5 Å². The fourth-order valence-electron chi connectivity index (χ4n) is 7.10. The molecule has 0 saturated carbocycles. The Labute approximate surface area is 301 Å². The molecule has 0 bridgehead atoms. The lowest BCUT2D eigenvalue weighted by Crippen LogP contribution is -2.24. The van der Waals surface area contributed by atoms with Crippen molar-refractivity contribution in [2.24, 2.45) is 0 Å².